The van der Waals surface area contributed by atoms with Crippen LogP contribution in [0.15, 0.2) is 29.1 Å². The van der Waals surface area contributed by atoms with Crippen LogP contribution >= 0.6 is 0 Å². The van der Waals surface area contributed by atoms with Gasteiger partial charge in [-0.05, 0) is 26.0 Å². The highest BCUT2D eigenvalue weighted by Crippen LogP contribution is 2.34. The number of benzene rings is 1. The first-order chi connectivity index (χ1) is 9.45. The summed E-state index contributed by atoms with van der Waals surface area (Å²) in [6, 6.07) is 7.63. The number of nitrogens with zero attached hydrogens (tertiary/aromatic N) is 1. The van der Waals surface area contributed by atoms with E-state index in [1.54, 1.807) is 7.11 Å². The van der Waals surface area contributed by atoms with E-state index in [0.717, 1.165) is 16.5 Å². The van der Waals surface area contributed by atoms with Crippen molar-refractivity contribution in [3.8, 4) is 5.88 Å². The Labute approximate surface area is 117 Å². The largest absolute Gasteiger partial charge is 0.472 e. The summed E-state index contributed by atoms with van der Waals surface area (Å²) in [4.78, 5) is 12.6. The number of hydrogen-bond acceptors (Lipinski definition) is 3. The van der Waals surface area contributed by atoms with Gasteiger partial charge in [0.15, 0.2) is 5.43 Å². The highest BCUT2D eigenvalue weighted by atomic mass is 16.6. The number of aryl methyl sites for hydroxylation is 1. The number of para-hydroxylation sites is 1. The zero-order valence-corrected chi connectivity index (χ0v) is 12.3. The van der Waals surface area contributed by atoms with Crippen molar-refractivity contribution in [2.75, 3.05) is 7.11 Å². The molecule has 0 saturated carbocycles. The molecule has 1 aliphatic heterocycles. The fraction of sp³-hybridized carbons (Fsp3) is 0.438. The highest BCUT2D eigenvalue weighted by Gasteiger charge is 2.39. The van der Waals surface area contributed by atoms with Gasteiger partial charge in [0.2, 0.25) is 5.88 Å². The molecule has 0 saturated heterocycles. The van der Waals surface area contributed by atoms with Gasteiger partial charge in [-0.3, -0.25) is 4.79 Å². The minimum absolute atomic E-state index is 0.0723. The van der Waals surface area contributed by atoms with E-state index >= 15 is 0 Å². The molecule has 4 nitrogen and oxygen atoms in total. The lowest BCUT2D eigenvalue weighted by Crippen LogP contribution is -2.41. The van der Waals surface area contributed by atoms with Crippen molar-refractivity contribution in [2.45, 2.75) is 32.0 Å². The lowest BCUT2D eigenvalue weighted by molar-refractivity contribution is -0.0587. The molecule has 3 rings (SSSR count). The van der Waals surface area contributed by atoms with Gasteiger partial charge in [-0.1, -0.05) is 12.1 Å². The fourth-order valence-electron chi connectivity index (χ4n) is 2.74. The smallest absolute Gasteiger partial charge is 0.201 e. The zero-order valence-electron chi connectivity index (χ0n) is 12.3. The van der Waals surface area contributed by atoms with Gasteiger partial charge in [-0.15, -0.1) is 0 Å². The number of methoxy groups -OCH3 is 1. The lowest BCUT2D eigenvalue weighted by Gasteiger charge is -2.29. The van der Waals surface area contributed by atoms with Crippen LogP contribution in [0, 0.1) is 0 Å². The number of fused-ring (bicyclic) bond motifs is 2. The first kappa shape index (κ1) is 13.2. The maximum absolute atomic E-state index is 12.6. The Balaban J connectivity index is 2.20. The number of rotatable bonds is 2. The molecule has 0 unspecified atom stereocenters. The van der Waals surface area contributed by atoms with Crippen molar-refractivity contribution < 1.29 is 9.47 Å². The zero-order chi connectivity index (χ0) is 14.5. The third kappa shape index (κ3) is 1.75. The summed E-state index contributed by atoms with van der Waals surface area (Å²) in [7, 11) is 3.60. The maximum Gasteiger partial charge on any atom is 0.201 e. The Morgan fingerprint density at radius 1 is 1.35 bits per heavy atom. The van der Waals surface area contributed by atoms with E-state index in [0.29, 0.717) is 12.3 Å². The average Bonchev–Trinajstić information content (AvgIpc) is 2.91. The normalized spacial score (nSPS) is 18.1. The minimum Gasteiger partial charge on any atom is -0.472 e. The van der Waals surface area contributed by atoms with Crippen molar-refractivity contribution in [1.29, 1.82) is 0 Å². The highest BCUT2D eigenvalue weighted by molar-refractivity contribution is 5.81. The number of hydrogen-bond donors (Lipinski definition) is 0. The second-order valence-corrected chi connectivity index (χ2v) is 5.81. The van der Waals surface area contributed by atoms with E-state index in [1.807, 2.05) is 49.7 Å². The molecule has 2 aromatic rings. The monoisotopic (exact) mass is 273 g/mol. The standard InChI is InChI=1S/C16H19NO3/c1-16(2,19-4)13-9-11-14(18)10-7-5-6-8-12(10)17(3)15(11)20-13/h5-8,13H,9H2,1-4H3/t13-/m1/s1. The number of ether oxygens (including phenoxy) is 2. The van der Waals surface area contributed by atoms with Crippen LogP contribution in [0.4, 0.5) is 0 Å². The van der Waals surface area contributed by atoms with E-state index < -0.39 is 5.60 Å². The van der Waals surface area contributed by atoms with Crippen LogP contribution in [-0.2, 0) is 18.2 Å². The Morgan fingerprint density at radius 2 is 2.05 bits per heavy atom. The van der Waals surface area contributed by atoms with Crippen LogP contribution in [0.1, 0.15) is 19.4 Å². The predicted octanol–water partition coefficient (Wildman–Crippen LogP) is 2.27. The van der Waals surface area contributed by atoms with E-state index in [9.17, 15) is 4.79 Å². The summed E-state index contributed by atoms with van der Waals surface area (Å²) in [5, 5.41) is 0.744. The number of pyridine rings is 1. The molecule has 0 amide bonds. The minimum atomic E-state index is -0.426. The second-order valence-electron chi connectivity index (χ2n) is 5.81. The summed E-state index contributed by atoms with van der Waals surface area (Å²) >= 11 is 0. The molecule has 0 bridgehead atoms. The molecular formula is C16H19NO3. The maximum atomic E-state index is 12.6. The van der Waals surface area contributed by atoms with Gasteiger partial charge in [0.05, 0.1) is 16.7 Å². The lowest BCUT2D eigenvalue weighted by atomic mass is 9.96. The number of aromatic nitrogens is 1. The van der Waals surface area contributed by atoms with Crippen molar-refractivity contribution in [3.05, 3.63) is 40.1 Å². The molecule has 1 aromatic heterocycles. The van der Waals surface area contributed by atoms with Crippen molar-refractivity contribution >= 4 is 10.9 Å². The summed E-state index contributed by atoms with van der Waals surface area (Å²) in [5.41, 5.74) is 1.29. The van der Waals surface area contributed by atoms with E-state index in [4.69, 9.17) is 9.47 Å². The van der Waals surface area contributed by atoms with Crippen LogP contribution < -0.4 is 10.2 Å². The van der Waals surface area contributed by atoms with E-state index in [2.05, 4.69) is 0 Å². The van der Waals surface area contributed by atoms with Gasteiger partial charge in [-0.25, -0.2) is 0 Å². The molecule has 0 spiro atoms. The quantitative estimate of drug-likeness (QED) is 0.842. The summed E-state index contributed by atoms with van der Waals surface area (Å²) in [6.45, 7) is 3.96. The first-order valence-electron chi connectivity index (χ1n) is 6.78. The molecule has 1 aliphatic rings. The Hall–Kier alpha value is -1.81. The summed E-state index contributed by atoms with van der Waals surface area (Å²) in [5.74, 6) is 0.670. The van der Waals surface area contributed by atoms with Crippen molar-refractivity contribution in [2.24, 2.45) is 7.05 Å². The molecule has 0 N–H and O–H groups in total. The summed E-state index contributed by atoms with van der Waals surface area (Å²) in [6.07, 6.45) is 0.450. The van der Waals surface area contributed by atoms with Crippen LogP contribution in [0.2, 0.25) is 0 Å². The Kier molecular flexibility index (Phi) is 2.87. The third-order valence-electron chi connectivity index (χ3n) is 4.29. The molecule has 106 valence electrons. The molecule has 4 heteroatoms. The topological polar surface area (TPSA) is 40.5 Å². The van der Waals surface area contributed by atoms with Crippen LogP contribution in [0.5, 0.6) is 5.88 Å². The molecule has 1 aromatic carbocycles. The van der Waals surface area contributed by atoms with Crippen LogP contribution in [0.3, 0.4) is 0 Å². The molecule has 20 heavy (non-hydrogen) atoms. The van der Waals surface area contributed by atoms with Crippen molar-refractivity contribution in [3.63, 3.8) is 0 Å². The predicted molar refractivity (Wildman–Crippen MR) is 78.4 cm³/mol. The van der Waals surface area contributed by atoms with Gasteiger partial charge in [-0.2, -0.15) is 0 Å². The average molecular weight is 273 g/mol. The molecule has 0 fully saturated rings. The first-order valence-corrected chi connectivity index (χ1v) is 6.78. The van der Waals surface area contributed by atoms with Crippen LogP contribution in [0.25, 0.3) is 10.9 Å². The summed E-state index contributed by atoms with van der Waals surface area (Å²) < 4.78 is 13.5. The Bertz CT molecular complexity index is 730. The van der Waals surface area contributed by atoms with Crippen LogP contribution in [-0.4, -0.2) is 23.4 Å². The molecule has 1 atom stereocenters. The van der Waals surface area contributed by atoms with Gasteiger partial charge >= 0.3 is 0 Å². The SMILES string of the molecule is COC(C)(C)[C@H]1Cc2c(n(C)c3ccccc3c2=O)O1. The van der Waals surface area contributed by atoms with Gasteiger partial charge in [0.25, 0.3) is 0 Å². The molecule has 0 aliphatic carbocycles. The second kappa shape index (κ2) is 4.35. The van der Waals surface area contributed by atoms with E-state index in [-0.39, 0.29) is 11.5 Å². The molecule has 2 heterocycles. The van der Waals surface area contributed by atoms with Crippen molar-refractivity contribution in [1.82, 2.24) is 4.57 Å². The molecule has 0 radical (unpaired) electrons. The molecular weight excluding hydrogens is 254 g/mol. The fourth-order valence-corrected chi connectivity index (χ4v) is 2.74. The third-order valence-corrected chi connectivity index (χ3v) is 4.29. The van der Waals surface area contributed by atoms with Gasteiger partial charge in [0, 0.05) is 26.0 Å². The Morgan fingerprint density at radius 3 is 2.75 bits per heavy atom. The van der Waals surface area contributed by atoms with E-state index in [1.165, 1.54) is 0 Å². The van der Waals surface area contributed by atoms with Gasteiger partial charge in [0.1, 0.15) is 6.10 Å². The van der Waals surface area contributed by atoms with Gasteiger partial charge < -0.3 is 14.0 Å².